The number of hydrogen-bond donors (Lipinski definition) is 2. The van der Waals surface area contributed by atoms with Crippen LogP contribution in [0.15, 0.2) is 12.2 Å². The maximum atomic E-state index is 11.2. The Balaban J connectivity index is 3.27. The Kier molecular flexibility index (Phi) is 8.53. The zero-order valence-electron chi connectivity index (χ0n) is 15.3. The molecule has 0 spiro atoms. The van der Waals surface area contributed by atoms with Gasteiger partial charge >= 0.3 is 0 Å². The lowest BCUT2D eigenvalue weighted by Gasteiger charge is -2.45. The second-order valence-corrected chi connectivity index (χ2v) is 6.04. The maximum Gasteiger partial charge on any atom is 0.198 e. The molecule has 24 heavy (non-hydrogen) atoms. The molecule has 1 aliphatic carbocycles. The molecule has 1 aliphatic rings. The van der Waals surface area contributed by atoms with E-state index in [9.17, 15) is 10.2 Å². The molecule has 1 rings (SSSR count). The molecule has 134 valence electrons. The first-order valence-electron chi connectivity index (χ1n) is 8.68. The van der Waals surface area contributed by atoms with E-state index in [1.54, 1.807) is 12.2 Å². The first kappa shape index (κ1) is 20.7. The molecule has 0 heterocycles. The van der Waals surface area contributed by atoms with Crippen LogP contribution in [0.25, 0.3) is 0 Å². The summed E-state index contributed by atoms with van der Waals surface area (Å²) in [4.78, 5) is 0. The molecular weight excluding hydrogens is 304 g/mol. The van der Waals surface area contributed by atoms with E-state index in [2.05, 4.69) is 37.5 Å². The van der Waals surface area contributed by atoms with Crippen LogP contribution < -0.4 is 0 Å². The molecule has 4 nitrogen and oxygen atoms in total. The molecule has 0 fully saturated rings. The van der Waals surface area contributed by atoms with Crippen LogP contribution in [0.2, 0.25) is 0 Å². The van der Waals surface area contributed by atoms with E-state index in [1.165, 1.54) is 14.2 Å². The number of methoxy groups -OCH3 is 2. The van der Waals surface area contributed by atoms with E-state index in [1.807, 2.05) is 0 Å². The lowest BCUT2D eigenvalue weighted by atomic mass is 9.71. The molecule has 0 aromatic heterocycles. The number of hydrogen-bond acceptors (Lipinski definition) is 4. The highest BCUT2D eigenvalue weighted by Gasteiger charge is 2.59. The Hall–Kier alpha value is -1.30. The Morgan fingerprint density at radius 2 is 1.21 bits per heavy atom. The van der Waals surface area contributed by atoms with Gasteiger partial charge in [-0.3, -0.25) is 0 Å². The van der Waals surface area contributed by atoms with E-state index in [4.69, 9.17) is 9.47 Å². The largest absolute Gasteiger partial charge is 0.373 e. The summed E-state index contributed by atoms with van der Waals surface area (Å²) < 4.78 is 10.7. The molecule has 0 amide bonds. The molecule has 4 atom stereocenters. The molecule has 0 aromatic rings. The summed E-state index contributed by atoms with van der Waals surface area (Å²) in [7, 11) is 2.96. The summed E-state index contributed by atoms with van der Waals surface area (Å²) in [5.74, 6) is 11.6. The van der Waals surface area contributed by atoms with E-state index in [-0.39, 0.29) is 0 Å². The SMILES string of the molecule is CCCCC#CC1(O)C(OC)C=CC(OC)C1(O)C#CCCCC. The van der Waals surface area contributed by atoms with Crippen molar-refractivity contribution < 1.29 is 19.7 Å². The summed E-state index contributed by atoms with van der Waals surface area (Å²) in [6, 6.07) is 0. The zero-order chi connectivity index (χ0) is 18.1. The highest BCUT2D eigenvalue weighted by Crippen LogP contribution is 2.36. The van der Waals surface area contributed by atoms with E-state index in [0.717, 1.165) is 25.7 Å². The molecule has 0 aliphatic heterocycles. The second kappa shape index (κ2) is 9.87. The maximum absolute atomic E-state index is 11.2. The Morgan fingerprint density at radius 1 is 0.833 bits per heavy atom. The molecule has 4 unspecified atom stereocenters. The summed E-state index contributed by atoms with van der Waals surface area (Å²) in [5.41, 5.74) is -3.69. The van der Waals surface area contributed by atoms with Gasteiger partial charge in [0.2, 0.25) is 0 Å². The fraction of sp³-hybridized carbons (Fsp3) is 0.700. The van der Waals surface area contributed by atoms with Crippen LogP contribution >= 0.6 is 0 Å². The van der Waals surface area contributed by atoms with Gasteiger partial charge in [-0.25, -0.2) is 0 Å². The standard InChI is InChI=1S/C20H30O4/c1-5-7-9-11-15-19(21)17(23-3)13-14-18(24-4)20(19,22)16-12-10-8-6-2/h13-14,17-18,21-22H,5-10H2,1-4H3. The molecule has 0 saturated heterocycles. The normalized spacial score (nSPS) is 31.8. The number of ether oxygens (including phenoxy) is 2. The second-order valence-electron chi connectivity index (χ2n) is 6.04. The average Bonchev–Trinajstić information content (AvgIpc) is 2.58. The van der Waals surface area contributed by atoms with Gasteiger partial charge in [0.05, 0.1) is 0 Å². The average molecular weight is 334 g/mol. The van der Waals surface area contributed by atoms with Gasteiger partial charge in [0, 0.05) is 27.1 Å². The van der Waals surface area contributed by atoms with Crippen molar-refractivity contribution in [3.05, 3.63) is 12.2 Å². The predicted octanol–water partition coefficient (Wildman–Crippen LogP) is 2.44. The highest BCUT2D eigenvalue weighted by molar-refractivity contribution is 5.41. The van der Waals surface area contributed by atoms with E-state index < -0.39 is 23.4 Å². The number of unbranched alkanes of at least 4 members (excludes halogenated alkanes) is 4. The van der Waals surface area contributed by atoms with Gasteiger partial charge in [-0.15, -0.1) is 0 Å². The Labute approximate surface area is 146 Å². The minimum absolute atomic E-state index is 0.649. The molecule has 0 bridgehead atoms. The fourth-order valence-corrected chi connectivity index (χ4v) is 2.67. The van der Waals surface area contributed by atoms with Gasteiger partial charge < -0.3 is 19.7 Å². The summed E-state index contributed by atoms with van der Waals surface area (Å²) in [5, 5.41) is 22.5. The highest BCUT2D eigenvalue weighted by atomic mass is 16.5. The molecule has 0 aromatic carbocycles. The molecule has 2 N–H and O–H groups in total. The van der Waals surface area contributed by atoms with Crippen LogP contribution in [0.1, 0.15) is 52.4 Å². The van der Waals surface area contributed by atoms with E-state index >= 15 is 0 Å². The number of aliphatic hydroxyl groups is 2. The smallest absolute Gasteiger partial charge is 0.198 e. The van der Waals surface area contributed by atoms with Crippen molar-refractivity contribution >= 4 is 0 Å². The third kappa shape index (κ3) is 4.41. The van der Waals surface area contributed by atoms with Crippen molar-refractivity contribution in [2.24, 2.45) is 0 Å². The minimum Gasteiger partial charge on any atom is -0.373 e. The third-order valence-corrected chi connectivity index (χ3v) is 4.24. The van der Waals surface area contributed by atoms with Crippen molar-refractivity contribution in [1.29, 1.82) is 0 Å². The Morgan fingerprint density at radius 3 is 1.50 bits per heavy atom. The molecular formula is C20H30O4. The first-order chi connectivity index (χ1) is 11.5. The topological polar surface area (TPSA) is 58.9 Å². The summed E-state index contributed by atoms with van der Waals surface area (Å²) in [6.45, 7) is 4.16. The molecule has 4 heteroatoms. The van der Waals surface area contributed by atoms with Crippen LogP contribution in [0.3, 0.4) is 0 Å². The van der Waals surface area contributed by atoms with E-state index in [0.29, 0.717) is 12.8 Å². The van der Waals surface area contributed by atoms with Crippen LogP contribution in [-0.4, -0.2) is 47.8 Å². The fourth-order valence-electron chi connectivity index (χ4n) is 2.67. The Bertz CT molecular complexity index is 485. The van der Waals surface area contributed by atoms with Crippen molar-refractivity contribution in [1.82, 2.24) is 0 Å². The van der Waals surface area contributed by atoms with Crippen molar-refractivity contribution in [2.45, 2.75) is 75.8 Å². The lowest BCUT2D eigenvalue weighted by molar-refractivity contribution is -0.181. The van der Waals surface area contributed by atoms with Gasteiger partial charge in [-0.05, 0) is 12.8 Å². The van der Waals surface area contributed by atoms with Gasteiger partial charge in [-0.1, -0.05) is 62.5 Å². The third-order valence-electron chi connectivity index (χ3n) is 4.24. The van der Waals surface area contributed by atoms with Crippen molar-refractivity contribution in [3.63, 3.8) is 0 Å². The van der Waals surface area contributed by atoms with Gasteiger partial charge in [0.1, 0.15) is 12.2 Å². The van der Waals surface area contributed by atoms with Gasteiger partial charge in [-0.2, -0.15) is 0 Å². The number of rotatable bonds is 6. The predicted molar refractivity (Wildman–Crippen MR) is 95.2 cm³/mol. The summed E-state index contributed by atoms with van der Waals surface area (Å²) in [6.07, 6.45) is 6.99. The lowest BCUT2D eigenvalue weighted by Crippen LogP contribution is -2.67. The van der Waals surface area contributed by atoms with Gasteiger partial charge in [0.25, 0.3) is 0 Å². The minimum atomic E-state index is -1.84. The molecule has 0 saturated carbocycles. The van der Waals surface area contributed by atoms with Crippen molar-refractivity contribution in [3.8, 4) is 23.7 Å². The first-order valence-corrected chi connectivity index (χ1v) is 8.68. The van der Waals surface area contributed by atoms with Crippen LogP contribution in [0.5, 0.6) is 0 Å². The van der Waals surface area contributed by atoms with Crippen molar-refractivity contribution in [2.75, 3.05) is 14.2 Å². The summed E-state index contributed by atoms with van der Waals surface area (Å²) >= 11 is 0. The molecule has 0 radical (unpaired) electrons. The van der Waals surface area contributed by atoms with Crippen LogP contribution in [0.4, 0.5) is 0 Å². The van der Waals surface area contributed by atoms with Crippen LogP contribution in [-0.2, 0) is 9.47 Å². The van der Waals surface area contributed by atoms with Crippen LogP contribution in [0, 0.1) is 23.7 Å². The zero-order valence-corrected chi connectivity index (χ0v) is 15.3. The van der Waals surface area contributed by atoms with Gasteiger partial charge in [0.15, 0.2) is 11.2 Å². The quantitative estimate of drug-likeness (QED) is 0.445. The monoisotopic (exact) mass is 334 g/mol.